The van der Waals surface area contributed by atoms with E-state index in [-0.39, 0.29) is 5.91 Å². The average molecular weight is 311 g/mol. The maximum absolute atomic E-state index is 12.5. The van der Waals surface area contributed by atoms with E-state index in [0.717, 1.165) is 48.7 Å². The van der Waals surface area contributed by atoms with Gasteiger partial charge in [0.05, 0.1) is 5.56 Å². The zero-order valence-corrected chi connectivity index (χ0v) is 13.9. The van der Waals surface area contributed by atoms with Crippen molar-refractivity contribution >= 4 is 5.91 Å². The summed E-state index contributed by atoms with van der Waals surface area (Å²) in [6.45, 7) is 6.99. The quantitative estimate of drug-likeness (QED) is 0.892. The summed E-state index contributed by atoms with van der Waals surface area (Å²) in [5.74, 6) is 0.735. The van der Waals surface area contributed by atoms with Crippen molar-refractivity contribution in [3.8, 4) is 5.69 Å². The van der Waals surface area contributed by atoms with Crippen LogP contribution in [0.4, 0.5) is 0 Å². The third-order valence-corrected chi connectivity index (χ3v) is 4.69. The zero-order valence-electron chi connectivity index (χ0n) is 13.9. The molecule has 4 nitrogen and oxygen atoms in total. The number of hydrogen-bond acceptors (Lipinski definition) is 2. The lowest BCUT2D eigenvalue weighted by molar-refractivity contribution is 0.0951. The topological polar surface area (TPSA) is 46.1 Å². The molecule has 2 N–H and O–H groups in total. The summed E-state index contributed by atoms with van der Waals surface area (Å²) in [5, 5.41) is 6.44. The summed E-state index contributed by atoms with van der Waals surface area (Å²) in [7, 11) is 0. The molecule has 1 aromatic heterocycles. The fraction of sp³-hybridized carbons (Fsp3) is 0.421. The summed E-state index contributed by atoms with van der Waals surface area (Å²) in [6.07, 6.45) is 2.27. The molecule has 0 spiro atoms. The van der Waals surface area contributed by atoms with E-state index in [0.29, 0.717) is 5.92 Å². The van der Waals surface area contributed by atoms with Gasteiger partial charge in [-0.1, -0.05) is 18.2 Å². The van der Waals surface area contributed by atoms with Crippen LogP contribution in [-0.4, -0.2) is 30.1 Å². The van der Waals surface area contributed by atoms with Gasteiger partial charge in [-0.05, 0) is 63.9 Å². The number of aryl methyl sites for hydroxylation is 1. The Morgan fingerprint density at radius 2 is 2.09 bits per heavy atom. The first kappa shape index (κ1) is 15.8. The average Bonchev–Trinajstić information content (AvgIpc) is 3.16. The number of carbonyl (C=O) groups excluding carboxylic acids is 1. The minimum Gasteiger partial charge on any atom is -0.352 e. The molecule has 122 valence electrons. The molecule has 0 radical (unpaired) electrons. The van der Waals surface area contributed by atoms with E-state index in [2.05, 4.69) is 27.3 Å². The van der Waals surface area contributed by atoms with E-state index in [4.69, 9.17) is 0 Å². The number of nitrogens with one attached hydrogen (secondary N) is 2. The molecule has 0 saturated carbocycles. The van der Waals surface area contributed by atoms with Crippen molar-refractivity contribution in [1.82, 2.24) is 15.2 Å². The summed E-state index contributed by atoms with van der Waals surface area (Å²) in [5.41, 5.74) is 3.95. The van der Waals surface area contributed by atoms with Crippen molar-refractivity contribution in [2.45, 2.75) is 26.7 Å². The van der Waals surface area contributed by atoms with Gasteiger partial charge in [0.15, 0.2) is 0 Å². The number of amides is 1. The molecular formula is C19H25N3O. The Balaban J connectivity index is 1.69. The third kappa shape index (κ3) is 3.48. The molecule has 0 aliphatic carbocycles. The van der Waals surface area contributed by atoms with Crippen molar-refractivity contribution in [1.29, 1.82) is 0 Å². The Morgan fingerprint density at radius 3 is 2.78 bits per heavy atom. The lowest BCUT2D eigenvalue weighted by Crippen LogP contribution is -2.26. The smallest absolute Gasteiger partial charge is 0.253 e. The van der Waals surface area contributed by atoms with Crippen LogP contribution < -0.4 is 10.6 Å². The highest BCUT2D eigenvalue weighted by Gasteiger charge is 2.18. The van der Waals surface area contributed by atoms with Crippen molar-refractivity contribution in [2.75, 3.05) is 19.6 Å². The number of para-hydroxylation sites is 1. The van der Waals surface area contributed by atoms with Crippen LogP contribution in [0.15, 0.2) is 36.4 Å². The molecule has 1 aliphatic rings. The van der Waals surface area contributed by atoms with Gasteiger partial charge in [-0.25, -0.2) is 0 Å². The van der Waals surface area contributed by atoms with Crippen LogP contribution in [0.5, 0.6) is 0 Å². The Hall–Kier alpha value is -2.07. The number of aromatic nitrogens is 1. The standard InChI is InChI=1S/C19H25N3O/c1-14-12-18(15(2)22(14)17-6-4-3-5-7-17)19(23)21-11-9-16-8-10-20-13-16/h3-7,12,16,20H,8-11,13H2,1-2H3,(H,21,23). The van der Waals surface area contributed by atoms with Gasteiger partial charge in [0.25, 0.3) is 5.91 Å². The molecular weight excluding hydrogens is 286 g/mol. The molecule has 1 saturated heterocycles. The van der Waals surface area contributed by atoms with Gasteiger partial charge in [0, 0.05) is 23.6 Å². The van der Waals surface area contributed by atoms with Crippen LogP contribution in [0.1, 0.15) is 34.6 Å². The highest BCUT2D eigenvalue weighted by Crippen LogP contribution is 2.20. The second-order valence-electron chi connectivity index (χ2n) is 6.36. The fourth-order valence-corrected chi connectivity index (χ4v) is 3.41. The lowest BCUT2D eigenvalue weighted by Gasteiger charge is -2.11. The summed E-state index contributed by atoms with van der Waals surface area (Å²) in [6, 6.07) is 12.1. The first-order valence-electron chi connectivity index (χ1n) is 8.40. The van der Waals surface area contributed by atoms with Gasteiger partial charge < -0.3 is 15.2 Å². The van der Waals surface area contributed by atoms with E-state index in [9.17, 15) is 4.79 Å². The Kier molecular flexibility index (Phi) is 4.82. The van der Waals surface area contributed by atoms with Gasteiger partial charge in [0.1, 0.15) is 0 Å². The van der Waals surface area contributed by atoms with Gasteiger partial charge in [-0.3, -0.25) is 4.79 Å². The maximum atomic E-state index is 12.5. The van der Waals surface area contributed by atoms with Crippen LogP contribution in [0.25, 0.3) is 5.69 Å². The van der Waals surface area contributed by atoms with Gasteiger partial charge in [-0.2, -0.15) is 0 Å². The lowest BCUT2D eigenvalue weighted by atomic mass is 10.1. The molecule has 3 rings (SSSR count). The SMILES string of the molecule is Cc1cc(C(=O)NCCC2CCNC2)c(C)n1-c1ccccc1. The Labute approximate surface area is 137 Å². The van der Waals surface area contributed by atoms with Crippen LogP contribution in [0, 0.1) is 19.8 Å². The third-order valence-electron chi connectivity index (χ3n) is 4.69. The van der Waals surface area contributed by atoms with Crippen LogP contribution in [0.3, 0.4) is 0 Å². The van der Waals surface area contributed by atoms with E-state index in [1.54, 1.807) is 0 Å². The largest absolute Gasteiger partial charge is 0.352 e. The molecule has 1 atom stereocenters. The monoisotopic (exact) mass is 311 g/mol. The number of rotatable bonds is 5. The molecule has 2 aromatic rings. The molecule has 1 aliphatic heterocycles. The van der Waals surface area contributed by atoms with E-state index < -0.39 is 0 Å². The molecule has 1 aromatic carbocycles. The molecule has 1 unspecified atom stereocenters. The number of nitrogens with zero attached hydrogens (tertiary/aromatic N) is 1. The highest BCUT2D eigenvalue weighted by atomic mass is 16.1. The van der Waals surface area contributed by atoms with E-state index in [1.807, 2.05) is 38.1 Å². The molecule has 0 bridgehead atoms. The second kappa shape index (κ2) is 7.01. The van der Waals surface area contributed by atoms with Crippen molar-refractivity contribution in [2.24, 2.45) is 5.92 Å². The summed E-state index contributed by atoms with van der Waals surface area (Å²) < 4.78 is 2.13. The van der Waals surface area contributed by atoms with Crippen molar-refractivity contribution < 1.29 is 4.79 Å². The predicted octanol–water partition coefficient (Wildman–Crippen LogP) is 2.82. The normalized spacial score (nSPS) is 17.4. The number of carbonyl (C=O) groups is 1. The molecule has 23 heavy (non-hydrogen) atoms. The minimum absolute atomic E-state index is 0.0336. The minimum atomic E-state index is 0.0336. The first-order valence-corrected chi connectivity index (χ1v) is 8.40. The van der Waals surface area contributed by atoms with Gasteiger partial charge in [0.2, 0.25) is 0 Å². The molecule has 2 heterocycles. The van der Waals surface area contributed by atoms with Crippen molar-refractivity contribution in [3.05, 3.63) is 53.3 Å². The zero-order chi connectivity index (χ0) is 16.2. The van der Waals surface area contributed by atoms with E-state index in [1.165, 1.54) is 6.42 Å². The predicted molar refractivity (Wildman–Crippen MR) is 93.2 cm³/mol. The number of benzene rings is 1. The van der Waals surface area contributed by atoms with E-state index >= 15 is 0 Å². The van der Waals surface area contributed by atoms with Gasteiger partial charge >= 0.3 is 0 Å². The van der Waals surface area contributed by atoms with Crippen LogP contribution >= 0.6 is 0 Å². The molecule has 1 amide bonds. The Morgan fingerprint density at radius 1 is 1.30 bits per heavy atom. The first-order chi connectivity index (χ1) is 11.2. The highest BCUT2D eigenvalue weighted by molar-refractivity contribution is 5.95. The molecule has 4 heteroatoms. The fourth-order valence-electron chi connectivity index (χ4n) is 3.41. The van der Waals surface area contributed by atoms with Crippen LogP contribution in [-0.2, 0) is 0 Å². The van der Waals surface area contributed by atoms with Crippen molar-refractivity contribution in [3.63, 3.8) is 0 Å². The second-order valence-corrected chi connectivity index (χ2v) is 6.36. The summed E-state index contributed by atoms with van der Waals surface area (Å²) in [4.78, 5) is 12.5. The Bertz CT molecular complexity index is 669. The van der Waals surface area contributed by atoms with Gasteiger partial charge in [-0.15, -0.1) is 0 Å². The maximum Gasteiger partial charge on any atom is 0.253 e. The summed E-state index contributed by atoms with van der Waals surface area (Å²) >= 11 is 0. The molecule has 1 fully saturated rings. The number of hydrogen-bond donors (Lipinski definition) is 2. The van der Waals surface area contributed by atoms with Crippen LogP contribution in [0.2, 0.25) is 0 Å².